The maximum atomic E-state index is 5.22. The van der Waals surface area contributed by atoms with E-state index in [9.17, 15) is 0 Å². The van der Waals surface area contributed by atoms with Crippen LogP contribution in [0.15, 0.2) is 176 Å². The Hall–Kier alpha value is -7.11. The van der Waals surface area contributed by atoms with Crippen molar-refractivity contribution in [2.75, 3.05) is 0 Å². The van der Waals surface area contributed by atoms with Crippen LogP contribution in [0.2, 0.25) is 0 Å². The highest BCUT2D eigenvalue weighted by Gasteiger charge is 2.19. The van der Waals surface area contributed by atoms with Crippen molar-refractivity contribution in [3.8, 4) is 56.5 Å². The van der Waals surface area contributed by atoms with E-state index in [1.165, 1.54) is 0 Å². The number of nitrogens with zero attached hydrogens (tertiary/aromatic N) is 5. The van der Waals surface area contributed by atoms with Gasteiger partial charge in [0.15, 0.2) is 17.5 Å². The van der Waals surface area contributed by atoms with E-state index in [4.69, 9.17) is 19.9 Å². The minimum Gasteiger partial charge on any atom is -0.254 e. The molecule has 7 aromatic carbocycles. The molecule has 3 heterocycles. The van der Waals surface area contributed by atoms with E-state index in [-0.39, 0.29) is 0 Å². The Morgan fingerprint density at radius 2 is 0.904 bits per heavy atom. The summed E-state index contributed by atoms with van der Waals surface area (Å²) >= 11 is 0. The van der Waals surface area contributed by atoms with E-state index in [0.29, 0.717) is 17.5 Å². The predicted molar refractivity (Wildman–Crippen MR) is 213 cm³/mol. The van der Waals surface area contributed by atoms with Crippen molar-refractivity contribution in [1.82, 2.24) is 24.9 Å². The highest BCUT2D eigenvalue weighted by molar-refractivity contribution is 6.04. The average molecular weight is 664 g/mol. The molecular formula is C47H29N5. The Kier molecular flexibility index (Phi) is 7.07. The minimum atomic E-state index is 0.623. The molecule has 0 aliphatic heterocycles. The molecule has 10 rings (SSSR count). The Morgan fingerprint density at radius 3 is 1.71 bits per heavy atom. The van der Waals surface area contributed by atoms with Crippen LogP contribution in [0.4, 0.5) is 0 Å². The van der Waals surface area contributed by atoms with E-state index < -0.39 is 0 Å². The Labute approximate surface area is 300 Å². The third-order valence-electron chi connectivity index (χ3n) is 9.73. The second-order valence-electron chi connectivity index (χ2n) is 12.9. The first-order valence-corrected chi connectivity index (χ1v) is 17.3. The molecule has 0 spiro atoms. The smallest absolute Gasteiger partial charge is 0.165 e. The molecule has 3 aromatic heterocycles. The lowest BCUT2D eigenvalue weighted by Crippen LogP contribution is -2.01. The molecule has 0 N–H and O–H groups in total. The molecule has 0 unspecified atom stereocenters. The molecule has 0 radical (unpaired) electrons. The van der Waals surface area contributed by atoms with Gasteiger partial charge in [-0.25, -0.2) is 19.9 Å². The van der Waals surface area contributed by atoms with Crippen LogP contribution < -0.4 is 0 Å². The Balaban J connectivity index is 1.12. The summed E-state index contributed by atoms with van der Waals surface area (Å²) in [6.07, 6.45) is 1.83. The zero-order chi connectivity index (χ0) is 34.4. The summed E-state index contributed by atoms with van der Waals surface area (Å²) in [5, 5.41) is 6.58. The van der Waals surface area contributed by atoms with Crippen LogP contribution in [0.5, 0.6) is 0 Å². The van der Waals surface area contributed by atoms with Gasteiger partial charge in [0.05, 0.1) is 16.7 Å². The molecule has 5 nitrogen and oxygen atoms in total. The van der Waals surface area contributed by atoms with Gasteiger partial charge in [0, 0.05) is 39.2 Å². The Morgan fingerprint density at radius 1 is 0.327 bits per heavy atom. The average Bonchev–Trinajstić information content (AvgIpc) is 3.23. The van der Waals surface area contributed by atoms with Crippen molar-refractivity contribution in [2.45, 2.75) is 0 Å². The van der Waals surface area contributed by atoms with Gasteiger partial charge in [0.25, 0.3) is 0 Å². The van der Waals surface area contributed by atoms with Crippen LogP contribution >= 0.6 is 0 Å². The highest BCUT2D eigenvalue weighted by atomic mass is 15.0. The van der Waals surface area contributed by atoms with Crippen molar-refractivity contribution >= 4 is 43.4 Å². The van der Waals surface area contributed by atoms with Crippen LogP contribution in [-0.4, -0.2) is 24.9 Å². The standard InChI is InChI=1S/C47H29N5/c1-3-10-30(11-4-1)40-25-23-31-12-7-8-16-39(31)42(40)47-51-45(34-13-5-2-6-14-34)50-46(52-47)38-22-20-35-28-37(21-19-36(35)29-38)41-26-24-33-18-17-32-15-9-27-48-43(32)44(33)49-41/h1-29H. The fraction of sp³-hybridized carbons (Fsp3) is 0. The molecule has 52 heavy (non-hydrogen) atoms. The second-order valence-corrected chi connectivity index (χ2v) is 12.9. The molecule has 0 fully saturated rings. The monoisotopic (exact) mass is 663 g/mol. The van der Waals surface area contributed by atoms with Gasteiger partial charge in [-0.05, 0) is 56.9 Å². The van der Waals surface area contributed by atoms with Crippen LogP contribution in [0.3, 0.4) is 0 Å². The van der Waals surface area contributed by atoms with Crippen molar-refractivity contribution in [2.24, 2.45) is 0 Å². The lowest BCUT2D eigenvalue weighted by Gasteiger charge is -2.15. The molecule has 242 valence electrons. The predicted octanol–water partition coefficient (Wildman–Crippen LogP) is 11.6. The third-order valence-corrected chi connectivity index (χ3v) is 9.73. The molecule has 0 bridgehead atoms. The first-order valence-electron chi connectivity index (χ1n) is 17.3. The number of aromatic nitrogens is 5. The largest absolute Gasteiger partial charge is 0.254 e. The van der Waals surface area contributed by atoms with Gasteiger partial charge in [-0.15, -0.1) is 0 Å². The zero-order valence-electron chi connectivity index (χ0n) is 28.0. The SMILES string of the molecule is c1ccc(-c2nc(-c3ccc4cc(-c5ccc6ccc7cccnc7c6n5)ccc4c3)nc(-c3c(-c4ccccc4)ccc4ccccc34)n2)cc1. The Bertz CT molecular complexity index is 2960. The maximum absolute atomic E-state index is 5.22. The number of fused-ring (bicyclic) bond motifs is 5. The summed E-state index contributed by atoms with van der Waals surface area (Å²) in [5.74, 6) is 1.89. The van der Waals surface area contributed by atoms with E-state index in [1.807, 2.05) is 48.7 Å². The summed E-state index contributed by atoms with van der Waals surface area (Å²) in [7, 11) is 0. The lowest BCUT2D eigenvalue weighted by molar-refractivity contribution is 1.08. The maximum Gasteiger partial charge on any atom is 0.165 e. The van der Waals surface area contributed by atoms with Crippen molar-refractivity contribution in [3.05, 3.63) is 176 Å². The molecule has 0 saturated carbocycles. The number of rotatable bonds is 5. The first-order chi connectivity index (χ1) is 25.7. The van der Waals surface area contributed by atoms with Crippen LogP contribution in [0, 0.1) is 0 Å². The van der Waals surface area contributed by atoms with Crippen LogP contribution in [0.1, 0.15) is 0 Å². The van der Waals surface area contributed by atoms with Crippen molar-refractivity contribution in [1.29, 1.82) is 0 Å². The minimum absolute atomic E-state index is 0.623. The molecular weight excluding hydrogens is 635 g/mol. The fourth-order valence-electron chi connectivity index (χ4n) is 7.13. The third kappa shape index (κ3) is 5.24. The summed E-state index contributed by atoms with van der Waals surface area (Å²) in [4.78, 5) is 25.2. The highest BCUT2D eigenvalue weighted by Crippen LogP contribution is 2.38. The van der Waals surface area contributed by atoms with E-state index in [1.54, 1.807) is 0 Å². The second kappa shape index (κ2) is 12.3. The number of hydrogen-bond donors (Lipinski definition) is 0. The topological polar surface area (TPSA) is 64.5 Å². The number of benzene rings is 7. The van der Waals surface area contributed by atoms with Crippen molar-refractivity contribution < 1.29 is 0 Å². The summed E-state index contributed by atoms with van der Waals surface area (Å²) in [5.41, 5.74) is 8.82. The van der Waals surface area contributed by atoms with Gasteiger partial charge in [-0.3, -0.25) is 4.98 Å². The van der Waals surface area contributed by atoms with Gasteiger partial charge in [-0.1, -0.05) is 146 Å². The van der Waals surface area contributed by atoms with Crippen molar-refractivity contribution in [3.63, 3.8) is 0 Å². The van der Waals surface area contributed by atoms with Gasteiger partial charge < -0.3 is 0 Å². The van der Waals surface area contributed by atoms with Crippen LogP contribution in [0.25, 0.3) is 99.9 Å². The molecule has 0 saturated heterocycles. The summed E-state index contributed by atoms with van der Waals surface area (Å²) in [6.45, 7) is 0. The fourth-order valence-corrected chi connectivity index (χ4v) is 7.13. The molecule has 5 heteroatoms. The van der Waals surface area contributed by atoms with Gasteiger partial charge in [0.1, 0.15) is 0 Å². The van der Waals surface area contributed by atoms with E-state index in [2.05, 4.69) is 132 Å². The van der Waals surface area contributed by atoms with Gasteiger partial charge in [-0.2, -0.15) is 0 Å². The van der Waals surface area contributed by atoms with Crippen LogP contribution in [-0.2, 0) is 0 Å². The molecule has 0 aliphatic rings. The zero-order valence-corrected chi connectivity index (χ0v) is 28.0. The summed E-state index contributed by atoms with van der Waals surface area (Å²) in [6, 6.07) is 58.7. The van der Waals surface area contributed by atoms with Gasteiger partial charge >= 0.3 is 0 Å². The van der Waals surface area contributed by atoms with E-state index in [0.717, 1.165) is 82.4 Å². The lowest BCUT2D eigenvalue weighted by atomic mass is 9.93. The number of hydrogen-bond acceptors (Lipinski definition) is 5. The first kappa shape index (κ1) is 29.8. The summed E-state index contributed by atoms with van der Waals surface area (Å²) < 4.78 is 0. The van der Waals surface area contributed by atoms with E-state index >= 15 is 0 Å². The molecule has 10 aromatic rings. The normalized spacial score (nSPS) is 11.5. The quantitative estimate of drug-likeness (QED) is 0.171. The van der Waals surface area contributed by atoms with Gasteiger partial charge in [0.2, 0.25) is 0 Å². The molecule has 0 atom stereocenters. The molecule has 0 aliphatic carbocycles. The number of pyridine rings is 2. The molecule has 0 amide bonds.